The van der Waals surface area contributed by atoms with E-state index >= 15 is 0 Å². The van der Waals surface area contributed by atoms with Crippen LogP contribution in [0.25, 0.3) is 0 Å². The fourth-order valence-corrected chi connectivity index (χ4v) is 3.26. The first-order valence-electron chi connectivity index (χ1n) is 8.05. The van der Waals surface area contributed by atoms with Crippen molar-refractivity contribution in [3.8, 4) is 5.75 Å². The monoisotopic (exact) mass is 370 g/mol. The van der Waals surface area contributed by atoms with Gasteiger partial charge in [0.25, 0.3) is 11.8 Å². The second-order valence-electron chi connectivity index (χ2n) is 5.47. The minimum Gasteiger partial charge on any atom is -0.492 e. The second kappa shape index (κ2) is 8.35. The van der Waals surface area contributed by atoms with E-state index in [2.05, 4.69) is 10.6 Å². The molecule has 0 radical (unpaired) electrons. The Bertz CT molecular complexity index is 872. The first-order chi connectivity index (χ1) is 12.6. The van der Waals surface area contributed by atoms with Crippen molar-refractivity contribution >= 4 is 28.2 Å². The molecule has 2 N–H and O–H groups in total. The average Bonchev–Trinajstić information content (AvgIpc) is 3.29. The van der Waals surface area contributed by atoms with E-state index in [9.17, 15) is 9.59 Å². The summed E-state index contributed by atoms with van der Waals surface area (Å²) in [7, 11) is 0. The highest BCUT2D eigenvalue weighted by Gasteiger charge is 2.16. The maximum absolute atomic E-state index is 12.3. The number of ether oxygens (including phenoxy) is 1. The number of furan rings is 1. The number of benzene rings is 1. The number of carbonyl (C=O) groups excluding carboxylic acids is 2. The van der Waals surface area contributed by atoms with Gasteiger partial charge in [-0.1, -0.05) is 18.2 Å². The minimum atomic E-state index is -0.348. The molecule has 0 aliphatic rings. The summed E-state index contributed by atoms with van der Waals surface area (Å²) in [6.45, 7) is 2.59. The summed E-state index contributed by atoms with van der Waals surface area (Å²) >= 11 is 1.22. The van der Waals surface area contributed by atoms with Gasteiger partial charge in [0.1, 0.15) is 12.4 Å². The highest BCUT2D eigenvalue weighted by molar-refractivity contribution is 7.18. The van der Waals surface area contributed by atoms with Crippen LogP contribution in [-0.2, 0) is 0 Å². The molecule has 0 aliphatic heterocycles. The molecule has 1 aromatic carbocycles. The Labute approximate surface area is 154 Å². The van der Waals surface area contributed by atoms with Crippen LogP contribution in [0.2, 0.25) is 0 Å². The number of carbonyl (C=O) groups is 2. The van der Waals surface area contributed by atoms with Crippen LogP contribution in [0.3, 0.4) is 0 Å². The smallest absolute Gasteiger partial charge is 0.291 e. The molecular weight excluding hydrogens is 352 g/mol. The molecule has 0 saturated heterocycles. The number of hydrogen-bond acceptors (Lipinski definition) is 5. The van der Waals surface area contributed by atoms with E-state index in [1.54, 1.807) is 18.2 Å². The Hall–Kier alpha value is -3.06. The third-order valence-electron chi connectivity index (χ3n) is 3.51. The lowest BCUT2D eigenvalue weighted by Gasteiger charge is -2.07. The van der Waals surface area contributed by atoms with Crippen molar-refractivity contribution in [2.45, 2.75) is 6.92 Å². The average molecular weight is 370 g/mol. The highest BCUT2D eigenvalue weighted by atomic mass is 32.1. The Balaban J connectivity index is 1.51. The molecule has 0 spiro atoms. The summed E-state index contributed by atoms with van der Waals surface area (Å²) in [4.78, 5) is 24.9. The minimum absolute atomic E-state index is 0.192. The van der Waals surface area contributed by atoms with Crippen LogP contribution in [0.5, 0.6) is 5.75 Å². The first kappa shape index (κ1) is 17.8. The molecule has 3 rings (SSSR count). The summed E-state index contributed by atoms with van der Waals surface area (Å²) in [5.74, 6) is 0.444. The number of amides is 2. The highest BCUT2D eigenvalue weighted by Crippen LogP contribution is 2.27. The summed E-state index contributed by atoms with van der Waals surface area (Å²) in [6, 6.07) is 14.4. The van der Waals surface area contributed by atoms with Gasteiger partial charge in [0.15, 0.2) is 5.76 Å². The Kier molecular flexibility index (Phi) is 5.70. The summed E-state index contributed by atoms with van der Waals surface area (Å²) in [5.41, 5.74) is 0.797. The number of anilines is 1. The van der Waals surface area contributed by atoms with Crippen LogP contribution in [0, 0.1) is 6.92 Å². The fourth-order valence-electron chi connectivity index (χ4n) is 2.28. The topological polar surface area (TPSA) is 80.6 Å². The predicted molar refractivity (Wildman–Crippen MR) is 100.0 cm³/mol. The van der Waals surface area contributed by atoms with E-state index in [1.807, 2.05) is 37.3 Å². The number of aryl methyl sites for hydroxylation is 1. The standard InChI is InChI=1S/C19H18N2O4S/c1-13-12-16(21-18(22)15-8-5-10-25-15)26-17(13)19(23)20-9-11-24-14-6-3-2-4-7-14/h2-8,10,12H,9,11H2,1H3,(H,20,23)(H,21,22). The maximum atomic E-state index is 12.3. The van der Waals surface area contributed by atoms with Crippen LogP contribution in [0.1, 0.15) is 25.8 Å². The van der Waals surface area contributed by atoms with Crippen LogP contribution < -0.4 is 15.4 Å². The van der Waals surface area contributed by atoms with Gasteiger partial charge in [-0.05, 0) is 42.8 Å². The van der Waals surface area contributed by atoms with E-state index in [-0.39, 0.29) is 17.6 Å². The zero-order valence-electron chi connectivity index (χ0n) is 14.2. The predicted octanol–water partition coefficient (Wildman–Crippen LogP) is 3.71. The van der Waals surface area contributed by atoms with Crippen molar-refractivity contribution in [1.29, 1.82) is 0 Å². The van der Waals surface area contributed by atoms with E-state index in [0.29, 0.717) is 23.0 Å². The molecule has 134 valence electrons. The van der Waals surface area contributed by atoms with Gasteiger partial charge in [-0.3, -0.25) is 9.59 Å². The maximum Gasteiger partial charge on any atom is 0.291 e. The molecule has 0 bridgehead atoms. The molecule has 2 heterocycles. The Morgan fingerprint density at radius 1 is 1.12 bits per heavy atom. The molecule has 0 unspecified atom stereocenters. The normalized spacial score (nSPS) is 10.3. The summed E-state index contributed by atoms with van der Waals surface area (Å²) in [5, 5.41) is 6.14. The van der Waals surface area contributed by atoms with Gasteiger partial charge < -0.3 is 19.8 Å². The molecule has 0 aliphatic carbocycles. The summed E-state index contributed by atoms with van der Waals surface area (Å²) < 4.78 is 10.6. The number of hydrogen-bond donors (Lipinski definition) is 2. The molecule has 26 heavy (non-hydrogen) atoms. The van der Waals surface area contributed by atoms with Gasteiger partial charge in [0.05, 0.1) is 22.7 Å². The molecule has 0 fully saturated rings. The van der Waals surface area contributed by atoms with Gasteiger partial charge in [-0.15, -0.1) is 11.3 Å². The lowest BCUT2D eigenvalue weighted by Crippen LogP contribution is -2.27. The van der Waals surface area contributed by atoms with Gasteiger partial charge in [-0.2, -0.15) is 0 Å². The van der Waals surface area contributed by atoms with Crippen molar-refractivity contribution in [2.75, 3.05) is 18.5 Å². The van der Waals surface area contributed by atoms with Crippen molar-refractivity contribution in [3.63, 3.8) is 0 Å². The van der Waals surface area contributed by atoms with Gasteiger partial charge in [-0.25, -0.2) is 0 Å². The third-order valence-corrected chi connectivity index (χ3v) is 4.66. The second-order valence-corrected chi connectivity index (χ2v) is 6.52. The number of nitrogens with one attached hydrogen (secondary N) is 2. The van der Waals surface area contributed by atoms with Crippen LogP contribution in [0.15, 0.2) is 59.2 Å². The number of rotatable bonds is 7. The largest absolute Gasteiger partial charge is 0.492 e. The third kappa shape index (κ3) is 4.52. The molecule has 0 atom stereocenters. The molecule has 3 aromatic rings. The molecular formula is C19H18N2O4S. The van der Waals surface area contributed by atoms with Gasteiger partial charge in [0.2, 0.25) is 0 Å². The molecule has 7 heteroatoms. The Morgan fingerprint density at radius 2 is 1.92 bits per heavy atom. The van der Waals surface area contributed by atoms with Crippen LogP contribution in [0.4, 0.5) is 5.00 Å². The lowest BCUT2D eigenvalue weighted by atomic mass is 10.3. The van der Waals surface area contributed by atoms with Crippen molar-refractivity contribution in [2.24, 2.45) is 0 Å². The molecule has 2 amide bonds. The van der Waals surface area contributed by atoms with E-state index in [0.717, 1.165) is 11.3 Å². The zero-order chi connectivity index (χ0) is 18.4. The van der Waals surface area contributed by atoms with Crippen molar-refractivity contribution < 1.29 is 18.7 Å². The molecule has 0 saturated carbocycles. The fraction of sp³-hybridized carbons (Fsp3) is 0.158. The quantitative estimate of drug-likeness (QED) is 0.621. The molecule has 2 aromatic heterocycles. The SMILES string of the molecule is Cc1cc(NC(=O)c2ccco2)sc1C(=O)NCCOc1ccccc1. The van der Waals surface area contributed by atoms with Crippen LogP contribution >= 0.6 is 11.3 Å². The van der Waals surface area contributed by atoms with Gasteiger partial charge >= 0.3 is 0 Å². The Morgan fingerprint density at radius 3 is 2.65 bits per heavy atom. The van der Waals surface area contributed by atoms with Crippen LogP contribution in [-0.4, -0.2) is 25.0 Å². The van der Waals surface area contributed by atoms with Crippen molar-refractivity contribution in [3.05, 3.63) is 71.0 Å². The summed E-state index contributed by atoms with van der Waals surface area (Å²) in [6.07, 6.45) is 1.44. The molecule has 6 nitrogen and oxygen atoms in total. The van der Waals surface area contributed by atoms with E-state index in [1.165, 1.54) is 17.6 Å². The van der Waals surface area contributed by atoms with E-state index < -0.39 is 0 Å². The van der Waals surface area contributed by atoms with Gasteiger partial charge in [0, 0.05) is 0 Å². The number of para-hydroxylation sites is 1. The first-order valence-corrected chi connectivity index (χ1v) is 8.86. The zero-order valence-corrected chi connectivity index (χ0v) is 15.0. The lowest BCUT2D eigenvalue weighted by molar-refractivity contribution is 0.0949. The van der Waals surface area contributed by atoms with E-state index in [4.69, 9.17) is 9.15 Å². The van der Waals surface area contributed by atoms with Crippen molar-refractivity contribution in [1.82, 2.24) is 5.32 Å². The number of thiophene rings is 1.